The van der Waals surface area contributed by atoms with E-state index in [2.05, 4.69) is 5.32 Å². The van der Waals surface area contributed by atoms with Crippen LogP contribution < -0.4 is 11.1 Å². The van der Waals surface area contributed by atoms with Crippen LogP contribution in [0.1, 0.15) is 12.5 Å². The second-order valence-electron chi connectivity index (χ2n) is 5.18. The van der Waals surface area contributed by atoms with Gasteiger partial charge in [-0.3, -0.25) is 9.69 Å². The van der Waals surface area contributed by atoms with Gasteiger partial charge in [0.2, 0.25) is 5.91 Å². The van der Waals surface area contributed by atoms with Crippen LogP contribution in [0.2, 0.25) is 0 Å². The van der Waals surface area contributed by atoms with Gasteiger partial charge in [0.05, 0.1) is 31.9 Å². The summed E-state index contributed by atoms with van der Waals surface area (Å²) in [6, 6.07) is 7.03. The molecule has 1 saturated heterocycles. The Morgan fingerprint density at radius 2 is 2.33 bits per heavy atom. The number of nitrogens with zero attached hydrogens (tertiary/aromatic N) is 1. The van der Waals surface area contributed by atoms with Gasteiger partial charge in [-0.05, 0) is 18.6 Å². The first-order valence-corrected chi connectivity index (χ1v) is 7.20. The lowest BCUT2D eigenvalue weighted by Crippen LogP contribution is -2.55. The van der Waals surface area contributed by atoms with Crippen LogP contribution in [-0.4, -0.2) is 54.4 Å². The lowest BCUT2D eigenvalue weighted by molar-refractivity contribution is -0.125. The molecule has 6 nitrogen and oxygen atoms in total. The molecule has 2 rings (SSSR count). The third-order valence-corrected chi connectivity index (χ3v) is 3.86. The van der Waals surface area contributed by atoms with Crippen molar-refractivity contribution in [1.29, 1.82) is 0 Å². The van der Waals surface area contributed by atoms with Crippen molar-refractivity contribution in [3.05, 3.63) is 29.8 Å². The minimum atomic E-state index is -0.336. The molecular weight excluding hydrogens is 270 g/mol. The van der Waals surface area contributed by atoms with E-state index in [4.69, 9.17) is 10.5 Å². The van der Waals surface area contributed by atoms with Gasteiger partial charge in [-0.25, -0.2) is 0 Å². The van der Waals surface area contributed by atoms with Gasteiger partial charge in [0.25, 0.3) is 0 Å². The number of hydrogen-bond acceptors (Lipinski definition) is 5. The Balaban J connectivity index is 2.05. The number of nitrogens with one attached hydrogen (secondary N) is 1. The molecule has 2 unspecified atom stereocenters. The maximum atomic E-state index is 12.4. The molecule has 1 heterocycles. The quantitative estimate of drug-likeness (QED) is 0.720. The Hall–Kier alpha value is -1.47. The molecule has 1 aliphatic heterocycles. The van der Waals surface area contributed by atoms with E-state index in [1.807, 2.05) is 36.1 Å². The number of anilines is 1. The highest BCUT2D eigenvalue weighted by molar-refractivity contribution is 5.95. The number of amides is 1. The molecule has 0 saturated carbocycles. The summed E-state index contributed by atoms with van der Waals surface area (Å²) in [6.07, 6.45) is 0. The van der Waals surface area contributed by atoms with Crippen molar-refractivity contribution < 1.29 is 14.6 Å². The van der Waals surface area contributed by atoms with Gasteiger partial charge in [0, 0.05) is 18.8 Å². The molecule has 0 bridgehead atoms. The van der Waals surface area contributed by atoms with Crippen LogP contribution in [0.4, 0.5) is 5.69 Å². The second kappa shape index (κ2) is 7.51. The molecule has 0 spiro atoms. The van der Waals surface area contributed by atoms with Crippen molar-refractivity contribution in [2.45, 2.75) is 25.6 Å². The van der Waals surface area contributed by atoms with E-state index in [9.17, 15) is 9.90 Å². The number of hydrogen-bond donors (Lipinski definition) is 3. The van der Waals surface area contributed by atoms with Gasteiger partial charge < -0.3 is 20.9 Å². The van der Waals surface area contributed by atoms with Crippen molar-refractivity contribution >= 4 is 11.6 Å². The van der Waals surface area contributed by atoms with Crippen LogP contribution in [0.3, 0.4) is 0 Å². The Bertz CT molecular complexity index is 481. The number of carbonyl (C=O) groups is 1. The maximum absolute atomic E-state index is 12.4. The van der Waals surface area contributed by atoms with Crippen LogP contribution in [0, 0.1) is 0 Å². The predicted octanol–water partition coefficient (Wildman–Crippen LogP) is 0.165. The monoisotopic (exact) mass is 293 g/mol. The molecule has 0 radical (unpaired) electrons. The molecule has 2 atom stereocenters. The first-order chi connectivity index (χ1) is 10.2. The topological polar surface area (TPSA) is 87.8 Å². The molecule has 1 amide bonds. The fourth-order valence-corrected chi connectivity index (χ4v) is 2.54. The SMILES string of the molecule is CC(C(=O)Nc1ccccc1CN)N1CCOCC1CO. The van der Waals surface area contributed by atoms with Crippen LogP contribution in [0.15, 0.2) is 24.3 Å². The van der Waals surface area contributed by atoms with Gasteiger partial charge in [-0.1, -0.05) is 18.2 Å². The molecule has 21 heavy (non-hydrogen) atoms. The highest BCUT2D eigenvalue weighted by Crippen LogP contribution is 2.17. The van der Waals surface area contributed by atoms with Gasteiger partial charge >= 0.3 is 0 Å². The highest BCUT2D eigenvalue weighted by atomic mass is 16.5. The number of morpholine rings is 1. The Labute approximate surface area is 124 Å². The molecule has 4 N–H and O–H groups in total. The largest absolute Gasteiger partial charge is 0.395 e. The van der Waals surface area contributed by atoms with E-state index < -0.39 is 0 Å². The zero-order valence-electron chi connectivity index (χ0n) is 12.3. The number of carbonyl (C=O) groups excluding carboxylic acids is 1. The predicted molar refractivity (Wildman–Crippen MR) is 80.8 cm³/mol. The zero-order valence-corrected chi connectivity index (χ0v) is 12.3. The van der Waals surface area contributed by atoms with E-state index in [1.54, 1.807) is 0 Å². The summed E-state index contributed by atoms with van der Waals surface area (Å²) >= 11 is 0. The number of benzene rings is 1. The molecular formula is C15H23N3O3. The van der Waals surface area contributed by atoms with Crippen LogP contribution >= 0.6 is 0 Å². The van der Waals surface area contributed by atoms with Crippen molar-refractivity contribution in [1.82, 2.24) is 4.90 Å². The molecule has 1 aromatic rings. The number of aliphatic hydroxyl groups excluding tert-OH is 1. The van der Waals surface area contributed by atoms with Crippen molar-refractivity contribution in [3.8, 4) is 0 Å². The summed E-state index contributed by atoms with van der Waals surface area (Å²) in [7, 11) is 0. The summed E-state index contributed by atoms with van der Waals surface area (Å²) in [4.78, 5) is 14.4. The van der Waals surface area contributed by atoms with Gasteiger partial charge in [-0.2, -0.15) is 0 Å². The van der Waals surface area contributed by atoms with E-state index in [1.165, 1.54) is 0 Å². The molecule has 0 aliphatic carbocycles. The molecule has 116 valence electrons. The Morgan fingerprint density at radius 1 is 1.57 bits per heavy atom. The summed E-state index contributed by atoms with van der Waals surface area (Å²) in [6.45, 7) is 3.87. The van der Waals surface area contributed by atoms with E-state index in [0.717, 1.165) is 11.3 Å². The molecule has 0 aromatic heterocycles. The van der Waals surface area contributed by atoms with Crippen molar-refractivity contribution in [2.24, 2.45) is 5.73 Å². The van der Waals surface area contributed by atoms with Crippen molar-refractivity contribution in [2.75, 3.05) is 31.7 Å². The molecule has 1 fully saturated rings. The van der Waals surface area contributed by atoms with Gasteiger partial charge in [0.1, 0.15) is 0 Å². The Kier molecular flexibility index (Phi) is 5.69. The average molecular weight is 293 g/mol. The number of ether oxygens (including phenoxy) is 1. The Morgan fingerprint density at radius 3 is 3.05 bits per heavy atom. The standard InChI is InChI=1S/C15H23N3O3/c1-11(18-6-7-21-10-13(18)9-19)15(20)17-14-5-3-2-4-12(14)8-16/h2-5,11,13,19H,6-10,16H2,1H3,(H,17,20). The number of aliphatic hydroxyl groups is 1. The van der Waals surface area contributed by atoms with Gasteiger partial charge in [-0.15, -0.1) is 0 Å². The third-order valence-electron chi connectivity index (χ3n) is 3.86. The van der Waals surface area contributed by atoms with Crippen LogP contribution in [0.5, 0.6) is 0 Å². The zero-order chi connectivity index (χ0) is 15.2. The van der Waals surface area contributed by atoms with Gasteiger partial charge in [0.15, 0.2) is 0 Å². The van der Waals surface area contributed by atoms with E-state index >= 15 is 0 Å². The fourth-order valence-electron chi connectivity index (χ4n) is 2.54. The summed E-state index contributed by atoms with van der Waals surface area (Å²) < 4.78 is 5.34. The number of rotatable bonds is 5. The van der Waals surface area contributed by atoms with Crippen LogP contribution in [-0.2, 0) is 16.1 Å². The third kappa shape index (κ3) is 3.79. The summed E-state index contributed by atoms with van der Waals surface area (Å²) in [5.41, 5.74) is 7.32. The average Bonchev–Trinajstić information content (AvgIpc) is 2.54. The minimum absolute atomic E-state index is 0.0169. The lowest BCUT2D eigenvalue weighted by atomic mass is 10.1. The van der Waals surface area contributed by atoms with E-state index in [-0.39, 0.29) is 24.6 Å². The fraction of sp³-hybridized carbons (Fsp3) is 0.533. The first-order valence-electron chi connectivity index (χ1n) is 7.20. The highest BCUT2D eigenvalue weighted by Gasteiger charge is 2.30. The summed E-state index contributed by atoms with van der Waals surface area (Å²) in [5.74, 6) is -0.101. The van der Waals surface area contributed by atoms with E-state index in [0.29, 0.717) is 26.3 Å². The maximum Gasteiger partial charge on any atom is 0.241 e. The number of nitrogens with two attached hydrogens (primary N) is 1. The number of para-hydroxylation sites is 1. The van der Waals surface area contributed by atoms with Crippen LogP contribution in [0.25, 0.3) is 0 Å². The molecule has 1 aliphatic rings. The lowest BCUT2D eigenvalue weighted by Gasteiger charge is -2.37. The minimum Gasteiger partial charge on any atom is -0.395 e. The first kappa shape index (κ1) is 15.9. The van der Waals surface area contributed by atoms with Crippen molar-refractivity contribution in [3.63, 3.8) is 0 Å². The smallest absolute Gasteiger partial charge is 0.241 e. The second-order valence-corrected chi connectivity index (χ2v) is 5.18. The summed E-state index contributed by atoms with van der Waals surface area (Å²) in [5, 5.41) is 12.3. The normalized spacial score (nSPS) is 21.0. The molecule has 6 heteroatoms. The molecule has 1 aromatic carbocycles.